The molecule has 0 amide bonds. The van der Waals surface area contributed by atoms with E-state index in [9.17, 15) is 0 Å². The molecule has 32 heavy (non-hydrogen) atoms. The highest BCUT2D eigenvalue weighted by Crippen LogP contribution is 2.33. The van der Waals surface area contributed by atoms with Crippen LogP contribution in [0, 0.1) is 5.92 Å². The lowest BCUT2D eigenvalue weighted by atomic mass is 10.0. The van der Waals surface area contributed by atoms with Crippen molar-refractivity contribution in [1.82, 2.24) is 14.5 Å². The van der Waals surface area contributed by atoms with Gasteiger partial charge in [0.1, 0.15) is 23.7 Å². The maximum absolute atomic E-state index is 6.37. The topological polar surface area (TPSA) is 75.2 Å². The first-order chi connectivity index (χ1) is 15.5. The Morgan fingerprint density at radius 2 is 1.75 bits per heavy atom. The second kappa shape index (κ2) is 9.57. The summed E-state index contributed by atoms with van der Waals surface area (Å²) in [4.78, 5) is 9.50. The lowest BCUT2D eigenvalue weighted by Crippen LogP contribution is -2.10. The third kappa shape index (κ3) is 4.41. The summed E-state index contributed by atoms with van der Waals surface area (Å²) in [5, 5.41) is 1.05. The summed E-state index contributed by atoms with van der Waals surface area (Å²) in [5.41, 5.74) is 11.2. The van der Waals surface area contributed by atoms with Gasteiger partial charge in [0.25, 0.3) is 0 Å². The summed E-state index contributed by atoms with van der Waals surface area (Å²) in [6.07, 6.45) is 0.994. The molecule has 6 nitrogen and oxygen atoms in total. The SMILES string of the molecule is CCCOc1ccc(-c2ccc3c(c2)nc(N)c2nc(COCC)n(CC(C)C)c23)cc1. The molecule has 4 aromatic rings. The highest BCUT2D eigenvalue weighted by molar-refractivity contribution is 6.07. The van der Waals surface area contributed by atoms with Crippen LogP contribution in [0.4, 0.5) is 5.82 Å². The third-order valence-electron chi connectivity index (χ3n) is 5.43. The van der Waals surface area contributed by atoms with Crippen molar-refractivity contribution in [2.45, 2.75) is 47.3 Å². The lowest BCUT2D eigenvalue weighted by molar-refractivity contribution is 0.125. The van der Waals surface area contributed by atoms with Gasteiger partial charge in [-0.25, -0.2) is 9.97 Å². The van der Waals surface area contributed by atoms with Gasteiger partial charge in [-0.2, -0.15) is 0 Å². The number of pyridine rings is 1. The van der Waals surface area contributed by atoms with Crippen molar-refractivity contribution in [2.75, 3.05) is 18.9 Å². The molecule has 0 saturated heterocycles. The van der Waals surface area contributed by atoms with Crippen LogP contribution in [0.25, 0.3) is 33.1 Å². The Bertz CT molecular complexity index is 1210. The van der Waals surface area contributed by atoms with Crippen LogP contribution in [0.2, 0.25) is 0 Å². The lowest BCUT2D eigenvalue weighted by Gasteiger charge is -2.13. The van der Waals surface area contributed by atoms with Crippen LogP contribution in [0.1, 0.15) is 39.9 Å². The van der Waals surface area contributed by atoms with Crippen LogP contribution in [0.15, 0.2) is 42.5 Å². The number of hydrogen-bond acceptors (Lipinski definition) is 5. The molecule has 0 unspecified atom stereocenters. The number of nitrogens with two attached hydrogens (primary N) is 1. The summed E-state index contributed by atoms with van der Waals surface area (Å²) in [6, 6.07) is 14.5. The van der Waals surface area contributed by atoms with E-state index in [0.29, 0.717) is 24.9 Å². The first-order valence-corrected chi connectivity index (χ1v) is 11.4. The average Bonchev–Trinajstić information content (AvgIpc) is 3.14. The maximum atomic E-state index is 6.37. The molecule has 2 heterocycles. The standard InChI is InChI=1S/C26H32N4O2/c1-5-13-32-20-10-7-18(8-11-20)19-9-12-21-22(14-19)28-26(27)24-25(21)30(15-17(3)4)23(29-24)16-31-6-2/h7-12,14,17H,5-6,13,15-16H2,1-4H3,(H2,27,28). The molecule has 2 N–H and O–H groups in total. The van der Waals surface area contributed by atoms with Gasteiger partial charge < -0.3 is 19.8 Å². The first kappa shape index (κ1) is 22.1. The zero-order valence-corrected chi connectivity index (χ0v) is 19.4. The molecule has 0 atom stereocenters. The number of hydrogen-bond donors (Lipinski definition) is 1. The zero-order chi connectivity index (χ0) is 22.7. The highest BCUT2D eigenvalue weighted by Gasteiger charge is 2.18. The number of fused-ring (bicyclic) bond motifs is 3. The maximum Gasteiger partial charge on any atom is 0.152 e. The molecular formula is C26H32N4O2. The zero-order valence-electron chi connectivity index (χ0n) is 19.4. The van der Waals surface area contributed by atoms with E-state index in [1.165, 1.54) is 0 Å². The highest BCUT2D eigenvalue weighted by atomic mass is 16.5. The minimum Gasteiger partial charge on any atom is -0.494 e. The van der Waals surface area contributed by atoms with E-state index in [4.69, 9.17) is 25.2 Å². The van der Waals surface area contributed by atoms with Crippen molar-refractivity contribution < 1.29 is 9.47 Å². The minimum absolute atomic E-state index is 0.452. The van der Waals surface area contributed by atoms with E-state index < -0.39 is 0 Å². The van der Waals surface area contributed by atoms with Crippen LogP contribution >= 0.6 is 0 Å². The number of nitrogen functional groups attached to an aromatic ring is 1. The fraction of sp³-hybridized carbons (Fsp3) is 0.385. The number of imidazole rings is 1. The number of rotatable bonds is 9. The van der Waals surface area contributed by atoms with Gasteiger partial charge in [0, 0.05) is 18.5 Å². The van der Waals surface area contributed by atoms with Gasteiger partial charge in [-0.1, -0.05) is 45.0 Å². The summed E-state index contributed by atoms with van der Waals surface area (Å²) in [7, 11) is 0. The van der Waals surface area contributed by atoms with Gasteiger partial charge in [0.15, 0.2) is 5.82 Å². The van der Waals surface area contributed by atoms with Gasteiger partial charge >= 0.3 is 0 Å². The Kier molecular flexibility index (Phi) is 6.61. The Labute approximate surface area is 189 Å². The van der Waals surface area contributed by atoms with Crippen molar-refractivity contribution in [3.8, 4) is 16.9 Å². The molecule has 2 aromatic heterocycles. The average molecular weight is 433 g/mol. The number of ether oxygens (including phenoxy) is 2. The number of anilines is 1. The monoisotopic (exact) mass is 432 g/mol. The van der Waals surface area contributed by atoms with Crippen molar-refractivity contribution in [1.29, 1.82) is 0 Å². The molecule has 0 aliphatic heterocycles. The molecule has 0 fully saturated rings. The number of nitrogens with zero attached hydrogens (tertiary/aromatic N) is 3. The van der Waals surface area contributed by atoms with Crippen LogP contribution < -0.4 is 10.5 Å². The van der Waals surface area contributed by atoms with Crippen molar-refractivity contribution in [2.24, 2.45) is 5.92 Å². The van der Waals surface area contributed by atoms with Crippen LogP contribution in [0.3, 0.4) is 0 Å². The van der Waals surface area contributed by atoms with E-state index >= 15 is 0 Å². The number of benzene rings is 2. The summed E-state index contributed by atoms with van der Waals surface area (Å²) in [6.45, 7) is 11.2. The van der Waals surface area contributed by atoms with Crippen LogP contribution in [0.5, 0.6) is 5.75 Å². The van der Waals surface area contributed by atoms with Gasteiger partial charge in [-0.15, -0.1) is 0 Å². The van der Waals surface area contributed by atoms with E-state index in [1.54, 1.807) is 0 Å². The molecule has 2 aromatic carbocycles. The molecule has 168 valence electrons. The van der Waals surface area contributed by atoms with Crippen molar-refractivity contribution in [3.05, 3.63) is 48.3 Å². The van der Waals surface area contributed by atoms with Crippen molar-refractivity contribution >= 4 is 27.8 Å². The van der Waals surface area contributed by atoms with E-state index in [0.717, 1.165) is 64.2 Å². The van der Waals surface area contributed by atoms with E-state index in [2.05, 4.69) is 55.7 Å². The van der Waals surface area contributed by atoms with E-state index in [1.807, 2.05) is 19.1 Å². The second-order valence-corrected chi connectivity index (χ2v) is 8.47. The number of aromatic nitrogens is 3. The van der Waals surface area contributed by atoms with Gasteiger partial charge in [-0.05, 0) is 48.6 Å². The molecule has 0 aliphatic carbocycles. The van der Waals surface area contributed by atoms with Gasteiger partial charge in [-0.3, -0.25) is 0 Å². The fourth-order valence-corrected chi connectivity index (χ4v) is 3.97. The summed E-state index contributed by atoms with van der Waals surface area (Å²) < 4.78 is 13.6. The van der Waals surface area contributed by atoms with Crippen molar-refractivity contribution in [3.63, 3.8) is 0 Å². The molecule has 6 heteroatoms. The third-order valence-corrected chi connectivity index (χ3v) is 5.43. The first-order valence-electron chi connectivity index (χ1n) is 11.4. The van der Waals surface area contributed by atoms with E-state index in [-0.39, 0.29) is 0 Å². The molecule has 0 bridgehead atoms. The van der Waals surface area contributed by atoms with Gasteiger partial charge in [0.2, 0.25) is 0 Å². The molecule has 0 saturated carbocycles. The Hall–Kier alpha value is -3.12. The Morgan fingerprint density at radius 1 is 1.00 bits per heavy atom. The summed E-state index contributed by atoms with van der Waals surface area (Å²) in [5.74, 6) is 2.70. The minimum atomic E-state index is 0.452. The Morgan fingerprint density at radius 3 is 2.44 bits per heavy atom. The second-order valence-electron chi connectivity index (χ2n) is 8.47. The molecule has 0 radical (unpaired) electrons. The normalized spacial score (nSPS) is 11.7. The molecular weight excluding hydrogens is 400 g/mol. The summed E-state index contributed by atoms with van der Waals surface area (Å²) >= 11 is 0. The smallest absolute Gasteiger partial charge is 0.152 e. The van der Waals surface area contributed by atoms with Gasteiger partial charge in [0.05, 0.1) is 17.6 Å². The molecule has 0 spiro atoms. The predicted octanol–water partition coefficient (Wildman–Crippen LogP) is 5.82. The van der Waals surface area contributed by atoms with Crippen LogP contribution in [-0.4, -0.2) is 27.7 Å². The molecule has 0 aliphatic rings. The predicted molar refractivity (Wildman–Crippen MR) is 131 cm³/mol. The largest absolute Gasteiger partial charge is 0.494 e. The van der Waals surface area contributed by atoms with Crippen LogP contribution in [-0.2, 0) is 17.9 Å². The molecule has 4 rings (SSSR count). The quantitative estimate of drug-likeness (QED) is 0.361. The fourth-order valence-electron chi connectivity index (χ4n) is 3.97. The Balaban J connectivity index is 1.81.